The number of anilines is 1. The van der Waals surface area contributed by atoms with E-state index in [-0.39, 0.29) is 11.3 Å². The molecular weight excluding hydrogens is 376 g/mol. The Hall–Kier alpha value is -3.08. The van der Waals surface area contributed by atoms with Crippen LogP contribution in [0.25, 0.3) is 5.76 Å². The fourth-order valence-electron chi connectivity index (χ4n) is 3.87. The molecule has 1 aliphatic heterocycles. The summed E-state index contributed by atoms with van der Waals surface area (Å²) in [7, 11) is 3.93. The molecule has 0 spiro atoms. The van der Waals surface area contributed by atoms with Crippen LogP contribution in [0, 0.1) is 0 Å². The van der Waals surface area contributed by atoms with Crippen molar-refractivity contribution in [3.63, 3.8) is 0 Å². The molecular formula is C25H30N2O3. The first kappa shape index (κ1) is 21.6. The lowest BCUT2D eigenvalue weighted by Crippen LogP contribution is -2.30. The van der Waals surface area contributed by atoms with E-state index in [0.29, 0.717) is 12.1 Å². The standard InChI is InChI=1S/C25H30N2O3/c1-4-5-6-10-17-27-22(18-13-15-20(16-14-18)26(2)3)21(24(29)25(27)30)23(28)19-11-8-7-9-12-19/h7-9,11-16,22,28H,4-6,10,17H2,1-3H3/b23-21+/t22-/m1/s1. The molecule has 1 heterocycles. The molecule has 0 saturated carbocycles. The Morgan fingerprint density at radius 2 is 1.63 bits per heavy atom. The Kier molecular flexibility index (Phi) is 6.93. The number of likely N-dealkylation sites (tertiary alicyclic amines) is 1. The molecule has 0 radical (unpaired) electrons. The predicted molar refractivity (Wildman–Crippen MR) is 120 cm³/mol. The van der Waals surface area contributed by atoms with Crippen LogP contribution in [-0.4, -0.2) is 42.3 Å². The van der Waals surface area contributed by atoms with Crippen molar-refractivity contribution < 1.29 is 14.7 Å². The summed E-state index contributed by atoms with van der Waals surface area (Å²) < 4.78 is 0. The lowest BCUT2D eigenvalue weighted by Gasteiger charge is -2.26. The van der Waals surface area contributed by atoms with E-state index in [1.807, 2.05) is 49.3 Å². The molecule has 2 aromatic carbocycles. The quantitative estimate of drug-likeness (QED) is 0.297. The van der Waals surface area contributed by atoms with Gasteiger partial charge in [0.25, 0.3) is 11.7 Å². The second-order valence-corrected chi connectivity index (χ2v) is 7.91. The highest BCUT2D eigenvalue weighted by atomic mass is 16.3. The molecule has 158 valence electrons. The fraction of sp³-hybridized carbons (Fsp3) is 0.360. The minimum absolute atomic E-state index is 0.119. The monoisotopic (exact) mass is 406 g/mol. The highest BCUT2D eigenvalue weighted by Crippen LogP contribution is 2.39. The number of rotatable bonds is 8. The van der Waals surface area contributed by atoms with Crippen LogP contribution < -0.4 is 4.90 Å². The highest BCUT2D eigenvalue weighted by Gasteiger charge is 2.45. The van der Waals surface area contributed by atoms with Crippen molar-refractivity contribution in [2.45, 2.75) is 38.6 Å². The minimum atomic E-state index is -0.617. The zero-order valence-electron chi connectivity index (χ0n) is 18.0. The van der Waals surface area contributed by atoms with E-state index in [4.69, 9.17) is 0 Å². The SMILES string of the molecule is CCCCCCN1C(=O)C(=O)/C(=C(/O)c2ccccc2)[C@H]1c1ccc(N(C)C)cc1. The number of amides is 1. The number of carbonyl (C=O) groups excluding carboxylic acids is 2. The van der Waals surface area contributed by atoms with Crippen molar-refractivity contribution in [1.29, 1.82) is 0 Å². The average molecular weight is 407 g/mol. The number of unbranched alkanes of at least 4 members (excludes halogenated alkanes) is 3. The highest BCUT2D eigenvalue weighted by molar-refractivity contribution is 6.46. The number of benzene rings is 2. The van der Waals surface area contributed by atoms with Gasteiger partial charge in [-0.2, -0.15) is 0 Å². The topological polar surface area (TPSA) is 60.9 Å². The van der Waals surface area contributed by atoms with Crippen LogP contribution in [0.1, 0.15) is 49.8 Å². The maximum Gasteiger partial charge on any atom is 0.295 e. The van der Waals surface area contributed by atoms with Crippen LogP contribution in [0.15, 0.2) is 60.2 Å². The number of hydrogen-bond donors (Lipinski definition) is 1. The van der Waals surface area contributed by atoms with Crippen LogP contribution >= 0.6 is 0 Å². The molecule has 0 aliphatic carbocycles. The van der Waals surface area contributed by atoms with Gasteiger partial charge in [-0.3, -0.25) is 9.59 Å². The smallest absolute Gasteiger partial charge is 0.295 e. The van der Waals surface area contributed by atoms with Gasteiger partial charge >= 0.3 is 0 Å². The number of nitrogens with zero attached hydrogens (tertiary/aromatic N) is 2. The molecule has 1 aliphatic rings. The lowest BCUT2D eigenvalue weighted by atomic mass is 9.95. The van der Waals surface area contributed by atoms with E-state index in [9.17, 15) is 14.7 Å². The summed E-state index contributed by atoms with van der Waals surface area (Å²) in [5, 5.41) is 11.0. The van der Waals surface area contributed by atoms with Crippen molar-refractivity contribution >= 4 is 23.1 Å². The molecule has 0 aromatic heterocycles. The third-order valence-electron chi connectivity index (χ3n) is 5.56. The van der Waals surface area contributed by atoms with Crippen molar-refractivity contribution in [3.8, 4) is 0 Å². The third kappa shape index (κ3) is 4.40. The zero-order chi connectivity index (χ0) is 21.7. The predicted octanol–water partition coefficient (Wildman–Crippen LogP) is 4.75. The van der Waals surface area contributed by atoms with Gasteiger partial charge in [0, 0.05) is 31.9 Å². The molecule has 1 amide bonds. The number of carbonyl (C=O) groups is 2. The molecule has 1 saturated heterocycles. The number of aliphatic hydroxyl groups is 1. The van der Waals surface area contributed by atoms with Crippen LogP contribution in [0.2, 0.25) is 0 Å². The molecule has 1 fully saturated rings. The number of aliphatic hydroxyl groups excluding tert-OH is 1. The number of hydrogen-bond acceptors (Lipinski definition) is 4. The largest absolute Gasteiger partial charge is 0.507 e. The number of ketones is 1. The van der Waals surface area contributed by atoms with E-state index in [1.54, 1.807) is 29.2 Å². The summed E-state index contributed by atoms with van der Waals surface area (Å²) >= 11 is 0. The molecule has 5 heteroatoms. The van der Waals surface area contributed by atoms with Crippen molar-refractivity contribution in [3.05, 3.63) is 71.3 Å². The van der Waals surface area contributed by atoms with E-state index in [0.717, 1.165) is 36.9 Å². The Labute approximate surface area is 178 Å². The second kappa shape index (κ2) is 9.61. The summed E-state index contributed by atoms with van der Waals surface area (Å²) in [5.74, 6) is -1.27. The van der Waals surface area contributed by atoms with Gasteiger partial charge in [0.05, 0.1) is 11.6 Å². The van der Waals surface area contributed by atoms with E-state index < -0.39 is 17.7 Å². The van der Waals surface area contributed by atoms with E-state index in [2.05, 4.69) is 6.92 Å². The number of Topliss-reactive ketones (excluding diaryl/α,β-unsaturated/α-hetero) is 1. The molecule has 0 bridgehead atoms. The lowest BCUT2D eigenvalue weighted by molar-refractivity contribution is -0.139. The van der Waals surface area contributed by atoms with Gasteiger partial charge in [-0.25, -0.2) is 0 Å². The Morgan fingerprint density at radius 3 is 2.23 bits per heavy atom. The second-order valence-electron chi connectivity index (χ2n) is 7.91. The van der Waals surface area contributed by atoms with Crippen LogP contribution in [0.5, 0.6) is 0 Å². The first-order valence-corrected chi connectivity index (χ1v) is 10.6. The summed E-state index contributed by atoms with van der Waals surface area (Å²) in [4.78, 5) is 29.5. The van der Waals surface area contributed by atoms with Gasteiger partial charge in [-0.1, -0.05) is 68.7 Å². The minimum Gasteiger partial charge on any atom is -0.507 e. The molecule has 1 N–H and O–H groups in total. The van der Waals surface area contributed by atoms with Crippen molar-refractivity contribution in [2.24, 2.45) is 0 Å². The average Bonchev–Trinajstić information content (AvgIpc) is 3.01. The Morgan fingerprint density at radius 1 is 0.967 bits per heavy atom. The first-order valence-electron chi connectivity index (χ1n) is 10.6. The summed E-state index contributed by atoms with van der Waals surface area (Å²) in [6, 6.07) is 16.2. The van der Waals surface area contributed by atoms with Gasteiger partial charge in [0.15, 0.2) is 0 Å². The van der Waals surface area contributed by atoms with Crippen LogP contribution in [-0.2, 0) is 9.59 Å². The van der Waals surface area contributed by atoms with Crippen LogP contribution in [0.4, 0.5) is 5.69 Å². The zero-order valence-corrected chi connectivity index (χ0v) is 18.0. The van der Waals surface area contributed by atoms with Crippen LogP contribution in [0.3, 0.4) is 0 Å². The Balaban J connectivity index is 2.05. The normalized spacial score (nSPS) is 18.1. The maximum absolute atomic E-state index is 13.0. The van der Waals surface area contributed by atoms with E-state index >= 15 is 0 Å². The first-order chi connectivity index (χ1) is 14.5. The third-order valence-corrected chi connectivity index (χ3v) is 5.56. The summed E-state index contributed by atoms with van der Waals surface area (Å²) in [6.07, 6.45) is 4.03. The van der Waals surface area contributed by atoms with E-state index in [1.165, 1.54) is 0 Å². The van der Waals surface area contributed by atoms with Gasteiger partial charge in [0.2, 0.25) is 0 Å². The van der Waals surface area contributed by atoms with Gasteiger partial charge < -0.3 is 14.9 Å². The van der Waals surface area contributed by atoms with Gasteiger partial charge in [-0.05, 0) is 24.1 Å². The summed E-state index contributed by atoms with van der Waals surface area (Å²) in [6.45, 7) is 2.63. The van der Waals surface area contributed by atoms with Gasteiger partial charge in [-0.15, -0.1) is 0 Å². The van der Waals surface area contributed by atoms with Crippen molar-refractivity contribution in [2.75, 3.05) is 25.5 Å². The molecule has 30 heavy (non-hydrogen) atoms. The molecule has 5 nitrogen and oxygen atoms in total. The fourth-order valence-corrected chi connectivity index (χ4v) is 3.87. The molecule has 0 unspecified atom stereocenters. The van der Waals surface area contributed by atoms with Gasteiger partial charge in [0.1, 0.15) is 5.76 Å². The maximum atomic E-state index is 13.0. The summed E-state index contributed by atoms with van der Waals surface area (Å²) in [5.41, 5.74) is 2.56. The molecule has 3 rings (SSSR count). The molecule has 2 aromatic rings. The Bertz CT molecular complexity index is 917. The van der Waals surface area contributed by atoms with Crippen molar-refractivity contribution in [1.82, 2.24) is 4.90 Å². The molecule has 1 atom stereocenters.